The summed E-state index contributed by atoms with van der Waals surface area (Å²) in [4.78, 5) is 23.6. The molecule has 0 saturated heterocycles. The van der Waals surface area contributed by atoms with Crippen molar-refractivity contribution in [1.82, 2.24) is 5.32 Å². The number of carbonyl (C=O) groups excluding carboxylic acids is 1. The van der Waals surface area contributed by atoms with Crippen LogP contribution in [0.25, 0.3) is 0 Å². The number of aliphatic carboxylic acids is 1. The van der Waals surface area contributed by atoms with Gasteiger partial charge in [0, 0.05) is 6.42 Å². The first kappa shape index (κ1) is 26.0. The Kier molecular flexibility index (Phi) is 7.34. The highest BCUT2D eigenvalue weighted by molar-refractivity contribution is 5.85. The van der Waals surface area contributed by atoms with Crippen molar-refractivity contribution in [2.24, 2.45) is 0 Å². The Morgan fingerprint density at radius 3 is 1.70 bits per heavy atom. The summed E-state index contributed by atoms with van der Waals surface area (Å²) in [7, 11) is 0. The van der Waals surface area contributed by atoms with Crippen molar-refractivity contribution < 1.29 is 54.2 Å². The maximum absolute atomic E-state index is 12.9. The highest BCUT2D eigenvalue weighted by Gasteiger charge is 2.37. The second kappa shape index (κ2) is 9.32. The Labute approximate surface area is 180 Å². The molecule has 0 aliphatic heterocycles. The van der Waals surface area contributed by atoms with E-state index >= 15 is 0 Å². The molecule has 180 valence electrons. The lowest BCUT2D eigenvalue weighted by molar-refractivity contribution is -0.143. The monoisotopic (exact) mass is 487 g/mol. The molecule has 0 saturated carbocycles. The van der Waals surface area contributed by atoms with Crippen LogP contribution in [0.1, 0.15) is 27.8 Å². The number of halogens is 9. The quantitative estimate of drug-likeness (QED) is 0.558. The summed E-state index contributed by atoms with van der Waals surface area (Å²) < 4.78 is 116. The number of amides is 1. The molecule has 33 heavy (non-hydrogen) atoms. The lowest BCUT2D eigenvalue weighted by Crippen LogP contribution is -2.43. The third-order valence-electron chi connectivity index (χ3n) is 4.34. The van der Waals surface area contributed by atoms with Crippen LogP contribution in [0.3, 0.4) is 0 Å². The highest BCUT2D eigenvalue weighted by atomic mass is 19.4. The van der Waals surface area contributed by atoms with Gasteiger partial charge < -0.3 is 10.4 Å². The lowest BCUT2D eigenvalue weighted by atomic mass is 10.0. The third-order valence-corrected chi connectivity index (χ3v) is 4.34. The van der Waals surface area contributed by atoms with E-state index in [1.165, 1.54) is 6.07 Å². The molecule has 0 aliphatic rings. The van der Waals surface area contributed by atoms with Crippen molar-refractivity contribution in [1.29, 1.82) is 0 Å². The highest BCUT2D eigenvalue weighted by Crippen LogP contribution is 2.36. The summed E-state index contributed by atoms with van der Waals surface area (Å²) in [5.74, 6) is -2.90. The van der Waals surface area contributed by atoms with Gasteiger partial charge in [0.15, 0.2) is 0 Å². The fourth-order valence-corrected chi connectivity index (χ4v) is 2.86. The van der Waals surface area contributed by atoms with Gasteiger partial charge >= 0.3 is 24.5 Å². The molecule has 0 spiro atoms. The van der Waals surface area contributed by atoms with Gasteiger partial charge in [0.2, 0.25) is 5.91 Å². The minimum Gasteiger partial charge on any atom is -0.480 e. The number of carboxylic acids is 1. The normalized spacial score (nSPS) is 13.5. The molecule has 2 aromatic carbocycles. The molecule has 0 fully saturated rings. The van der Waals surface area contributed by atoms with E-state index < -0.39 is 71.5 Å². The minimum atomic E-state index is -5.14. The number of alkyl halides is 9. The molecule has 0 aliphatic carbocycles. The SMILES string of the molecule is O=C(Cc1cc(C(F)(F)F)cc(C(F)(F)F)c1)N[C@H](Cc1cccc(C(F)(F)F)c1)C(=O)O. The molecule has 1 amide bonds. The van der Waals surface area contributed by atoms with Crippen LogP contribution < -0.4 is 5.32 Å². The first-order chi connectivity index (χ1) is 15.0. The van der Waals surface area contributed by atoms with Gasteiger partial charge in [-0.1, -0.05) is 18.2 Å². The maximum Gasteiger partial charge on any atom is 0.416 e. The van der Waals surface area contributed by atoms with E-state index in [2.05, 4.69) is 0 Å². The molecule has 0 aromatic heterocycles. The van der Waals surface area contributed by atoms with E-state index in [-0.39, 0.29) is 11.6 Å². The first-order valence-corrected chi connectivity index (χ1v) is 8.93. The van der Waals surface area contributed by atoms with Crippen molar-refractivity contribution in [3.8, 4) is 0 Å². The van der Waals surface area contributed by atoms with Gasteiger partial charge in [0.1, 0.15) is 6.04 Å². The number of hydrogen-bond acceptors (Lipinski definition) is 2. The standard InChI is InChI=1S/C20H14F9NO3/c21-18(22,23)12-3-1-2-10(4-12)7-15(17(32)33)30-16(31)8-11-5-13(19(24,25)26)9-14(6-11)20(27,28)29/h1-6,9,15H,7-8H2,(H,30,31)(H,32,33)/t15-/m1/s1. The molecule has 13 heteroatoms. The second-order valence-corrected chi connectivity index (χ2v) is 6.95. The fourth-order valence-electron chi connectivity index (χ4n) is 2.86. The Hall–Kier alpha value is -3.25. The van der Waals surface area contributed by atoms with Crippen molar-refractivity contribution in [2.75, 3.05) is 0 Å². The zero-order chi connectivity index (χ0) is 25.2. The van der Waals surface area contributed by atoms with Gasteiger partial charge in [-0.15, -0.1) is 0 Å². The molecule has 0 radical (unpaired) electrons. The van der Waals surface area contributed by atoms with Crippen LogP contribution in [0.4, 0.5) is 39.5 Å². The van der Waals surface area contributed by atoms with Crippen molar-refractivity contribution in [2.45, 2.75) is 37.4 Å². The van der Waals surface area contributed by atoms with Gasteiger partial charge in [-0.25, -0.2) is 4.79 Å². The fraction of sp³-hybridized carbons (Fsp3) is 0.300. The number of carbonyl (C=O) groups is 2. The molecule has 0 heterocycles. The number of hydrogen-bond donors (Lipinski definition) is 2. The van der Waals surface area contributed by atoms with Gasteiger partial charge in [0.05, 0.1) is 23.1 Å². The van der Waals surface area contributed by atoms with Crippen LogP contribution in [-0.4, -0.2) is 23.0 Å². The van der Waals surface area contributed by atoms with Crippen molar-refractivity contribution in [3.63, 3.8) is 0 Å². The van der Waals surface area contributed by atoms with Gasteiger partial charge in [-0.3, -0.25) is 4.79 Å². The number of benzene rings is 2. The topological polar surface area (TPSA) is 66.4 Å². The summed E-state index contributed by atoms with van der Waals surface area (Å²) in [6, 6.07) is 2.30. The average Bonchev–Trinajstić information content (AvgIpc) is 2.65. The predicted octanol–water partition coefficient (Wildman–Crippen LogP) is 5.10. The molecular weight excluding hydrogens is 473 g/mol. The zero-order valence-electron chi connectivity index (χ0n) is 16.2. The van der Waals surface area contributed by atoms with Crippen molar-refractivity contribution in [3.05, 3.63) is 70.3 Å². The molecule has 0 unspecified atom stereocenters. The Balaban J connectivity index is 2.23. The van der Waals surface area contributed by atoms with Gasteiger partial charge in [0.25, 0.3) is 0 Å². The first-order valence-electron chi connectivity index (χ1n) is 8.93. The number of nitrogens with one attached hydrogen (secondary N) is 1. The largest absolute Gasteiger partial charge is 0.480 e. The van der Waals surface area contributed by atoms with Crippen LogP contribution in [-0.2, 0) is 41.0 Å². The van der Waals surface area contributed by atoms with Crippen LogP contribution in [0.15, 0.2) is 42.5 Å². The summed E-state index contributed by atoms with van der Waals surface area (Å²) in [5, 5.41) is 11.2. The van der Waals surface area contributed by atoms with E-state index in [9.17, 15) is 54.2 Å². The van der Waals surface area contributed by atoms with E-state index in [4.69, 9.17) is 0 Å². The molecule has 2 N–H and O–H groups in total. The Morgan fingerprint density at radius 2 is 1.24 bits per heavy atom. The van der Waals surface area contributed by atoms with Crippen LogP contribution in [0.2, 0.25) is 0 Å². The number of carboxylic acid groups (broad SMARTS) is 1. The molecule has 2 aromatic rings. The van der Waals surface area contributed by atoms with E-state index in [0.717, 1.165) is 12.1 Å². The Bertz CT molecular complexity index is 994. The second-order valence-electron chi connectivity index (χ2n) is 6.95. The summed E-state index contributed by atoms with van der Waals surface area (Å²) in [6.07, 6.45) is -16.6. The van der Waals surface area contributed by atoms with Crippen LogP contribution in [0, 0.1) is 0 Å². The predicted molar refractivity (Wildman–Crippen MR) is 94.9 cm³/mol. The number of rotatable bonds is 6. The smallest absolute Gasteiger partial charge is 0.416 e. The summed E-state index contributed by atoms with van der Waals surface area (Å²) in [5.41, 5.74) is -5.18. The van der Waals surface area contributed by atoms with Crippen LogP contribution >= 0.6 is 0 Å². The van der Waals surface area contributed by atoms with E-state index in [1.54, 1.807) is 0 Å². The molecule has 2 rings (SSSR count). The third kappa shape index (κ3) is 7.39. The summed E-state index contributed by atoms with van der Waals surface area (Å²) in [6.45, 7) is 0. The molecule has 1 atom stereocenters. The molecular formula is C20H14F9NO3. The van der Waals surface area contributed by atoms with E-state index in [0.29, 0.717) is 18.2 Å². The molecule has 4 nitrogen and oxygen atoms in total. The summed E-state index contributed by atoms with van der Waals surface area (Å²) >= 11 is 0. The molecule has 0 bridgehead atoms. The van der Waals surface area contributed by atoms with Crippen LogP contribution in [0.5, 0.6) is 0 Å². The van der Waals surface area contributed by atoms with Gasteiger partial charge in [-0.05, 0) is 35.4 Å². The van der Waals surface area contributed by atoms with E-state index in [1.807, 2.05) is 5.32 Å². The lowest BCUT2D eigenvalue weighted by Gasteiger charge is -2.17. The minimum absolute atomic E-state index is 0.115. The van der Waals surface area contributed by atoms with Crippen molar-refractivity contribution >= 4 is 11.9 Å². The zero-order valence-corrected chi connectivity index (χ0v) is 16.2. The van der Waals surface area contributed by atoms with Gasteiger partial charge in [-0.2, -0.15) is 39.5 Å². The average molecular weight is 487 g/mol. The Morgan fingerprint density at radius 1 is 0.758 bits per heavy atom. The maximum atomic E-state index is 12.9.